The van der Waals surface area contributed by atoms with Crippen LogP contribution < -0.4 is 0 Å². The predicted molar refractivity (Wildman–Crippen MR) is 269 cm³/mol. The van der Waals surface area contributed by atoms with Gasteiger partial charge in [0.05, 0.1) is 0 Å². The first-order valence-electron chi connectivity index (χ1n) is 22.1. The first-order valence-corrected chi connectivity index (χ1v) is 37.4. The van der Waals surface area contributed by atoms with Crippen molar-refractivity contribution in [2.24, 2.45) is 11.8 Å². The van der Waals surface area contributed by atoms with Crippen molar-refractivity contribution in [1.29, 1.82) is 0 Å². The Bertz CT molecular complexity index is 2410. The number of fused-ring (bicyclic) bond motifs is 2. The lowest BCUT2D eigenvalue weighted by molar-refractivity contribution is 0.293. The van der Waals surface area contributed by atoms with Gasteiger partial charge in [0.1, 0.15) is 44.9 Å². The van der Waals surface area contributed by atoms with Gasteiger partial charge in [0, 0.05) is 7.11 Å². The molecular formula is C46H72N6O6Si5. The molecule has 0 aliphatic carbocycles. The summed E-state index contributed by atoms with van der Waals surface area (Å²) < 4.78 is 25.7. The molecule has 17 heteroatoms. The number of hydrogen-bond acceptors (Lipinski definition) is 10. The number of aromatic hydroxyl groups is 2. The van der Waals surface area contributed by atoms with Gasteiger partial charge in [0.25, 0.3) is 0 Å². The van der Waals surface area contributed by atoms with Crippen LogP contribution >= 0.6 is 0 Å². The van der Waals surface area contributed by atoms with Crippen LogP contribution in [0.2, 0.25) is 84.1 Å². The lowest BCUT2D eigenvalue weighted by Crippen LogP contribution is -2.53. The molecule has 0 saturated heterocycles. The highest BCUT2D eigenvalue weighted by molar-refractivity contribution is 6.87. The van der Waals surface area contributed by atoms with Crippen LogP contribution in [0.5, 0.6) is 11.5 Å². The molecular weight excluding hydrogens is 873 g/mol. The second-order valence-corrected chi connectivity index (χ2v) is 41.6. The Balaban J connectivity index is 0.000000239. The summed E-state index contributed by atoms with van der Waals surface area (Å²) in [7, 11) is -8.05. The van der Waals surface area contributed by atoms with Crippen LogP contribution in [0, 0.1) is 25.7 Å². The van der Waals surface area contributed by atoms with E-state index in [4.69, 9.17) is 16.8 Å². The number of phenolic OH excluding ortho intramolecular Hbond substituents is 2. The molecule has 0 radical (unpaired) electrons. The molecule has 3 atom stereocenters. The fourth-order valence-electron chi connectivity index (χ4n) is 8.59. The molecule has 6 aromatic rings. The highest BCUT2D eigenvalue weighted by Crippen LogP contribution is 2.35. The molecule has 4 aromatic carbocycles. The van der Waals surface area contributed by atoms with Crippen molar-refractivity contribution in [2.75, 3.05) is 7.11 Å². The number of rotatable bonds is 17. The molecule has 0 fully saturated rings. The third-order valence-corrected chi connectivity index (χ3v) is 26.5. The Morgan fingerprint density at radius 1 is 0.508 bits per heavy atom. The maximum atomic E-state index is 11.2. The number of nitrogens with zero attached hydrogens (tertiary/aromatic N) is 6. The average Bonchev–Trinajstić information content (AvgIpc) is 3.77. The molecule has 6 rings (SSSR count). The number of phenols is 2. The number of hydrogen-bond donors (Lipinski definition) is 2. The Morgan fingerprint density at radius 3 is 1.11 bits per heavy atom. The summed E-state index contributed by atoms with van der Waals surface area (Å²) in [6.07, 6.45) is 1.48. The third-order valence-electron chi connectivity index (χ3n) is 10.2. The molecule has 63 heavy (non-hydrogen) atoms. The van der Waals surface area contributed by atoms with Crippen LogP contribution in [0.25, 0.3) is 33.4 Å². The van der Waals surface area contributed by atoms with E-state index < -0.39 is 42.1 Å². The van der Waals surface area contributed by atoms with Gasteiger partial charge in [0.15, 0.2) is 25.0 Å². The van der Waals surface area contributed by atoms with Gasteiger partial charge in [0.2, 0.25) is 0 Å². The number of benzene rings is 4. The molecule has 2 heterocycles. The lowest BCUT2D eigenvalue weighted by Gasteiger charge is -2.39. The zero-order valence-corrected chi connectivity index (χ0v) is 45.6. The first kappa shape index (κ1) is 50.2. The Morgan fingerprint density at radius 2 is 0.810 bits per heavy atom. The topological polar surface area (TPSA) is 139 Å². The Labute approximate surface area is 380 Å². The van der Waals surface area contributed by atoms with E-state index in [2.05, 4.69) is 112 Å². The minimum atomic E-state index is -2.36. The standard InChI is InChI=1S/C24H39N3O3Si3.C22H33N3O3Si2/c1-18-14-20(15-19(2)17-33(9,29-31(3,4)5)30-32(6,7)8)24(28)23(16-18)27-25-21-12-10-11-13-22(21)26-27;1-16-12-18(13-17(2)15-30(7,27-3)28-29(4,5)6)22(26)21(14-16)25-23-19-10-8-9-11-20(19)24-25/h10-14,16,19,28H,15,17H2,1-9H3;8-12,14,17,26H,13,15H2,1-7H3. The van der Waals surface area contributed by atoms with Gasteiger partial charge < -0.3 is 27.0 Å². The molecule has 0 saturated carbocycles. The van der Waals surface area contributed by atoms with Gasteiger partial charge in [-0.1, -0.05) is 50.2 Å². The largest absolute Gasteiger partial charge is 0.505 e. The molecule has 2 aromatic heterocycles. The SMILES string of the molecule is CO[Si](C)(CC(C)Cc1cc(C)cc(-n2nc3ccccc3n2)c1O)O[Si](C)(C)C.Cc1cc(CC(C)C[Si](C)(O[Si](C)(C)C)O[Si](C)(C)C)c(O)c(-n2nc3ccccc3n2)c1. The van der Waals surface area contributed by atoms with Crippen molar-refractivity contribution in [3.05, 3.63) is 95.1 Å². The van der Waals surface area contributed by atoms with Crippen molar-refractivity contribution in [1.82, 2.24) is 30.0 Å². The van der Waals surface area contributed by atoms with Crippen molar-refractivity contribution in [3.63, 3.8) is 0 Å². The quantitative estimate of drug-likeness (QED) is 0.0850. The fraction of sp³-hybridized carbons (Fsp3) is 0.478. The average molecular weight is 946 g/mol. The summed E-state index contributed by atoms with van der Waals surface area (Å²) in [5.74, 6) is 1.09. The smallest absolute Gasteiger partial charge is 0.324 e. The van der Waals surface area contributed by atoms with Gasteiger partial charge >= 0.3 is 17.1 Å². The molecule has 12 nitrogen and oxygen atoms in total. The van der Waals surface area contributed by atoms with Crippen molar-refractivity contribution in [2.45, 2.75) is 125 Å². The molecule has 0 spiro atoms. The first-order chi connectivity index (χ1) is 29.1. The van der Waals surface area contributed by atoms with Crippen molar-refractivity contribution >= 4 is 64.1 Å². The summed E-state index contributed by atoms with van der Waals surface area (Å²) in [6, 6.07) is 25.2. The summed E-state index contributed by atoms with van der Waals surface area (Å²) >= 11 is 0. The molecule has 3 unspecified atom stereocenters. The van der Waals surface area contributed by atoms with Crippen molar-refractivity contribution < 1.29 is 27.0 Å². The highest BCUT2D eigenvalue weighted by Gasteiger charge is 2.41. The normalized spacial score (nSPS) is 14.7. The van der Waals surface area contributed by atoms with Crippen LogP contribution in [0.1, 0.15) is 36.1 Å². The maximum absolute atomic E-state index is 11.2. The van der Waals surface area contributed by atoms with Crippen LogP contribution in [-0.2, 0) is 29.6 Å². The van der Waals surface area contributed by atoms with E-state index in [1.807, 2.05) is 80.6 Å². The van der Waals surface area contributed by atoms with Gasteiger partial charge in [-0.2, -0.15) is 0 Å². The van der Waals surface area contributed by atoms with E-state index in [1.54, 1.807) is 11.9 Å². The minimum absolute atomic E-state index is 0.236. The fourth-order valence-corrected chi connectivity index (χ4v) is 29.0. The van der Waals surface area contributed by atoms with Gasteiger partial charge in [-0.3, -0.25) is 0 Å². The molecule has 0 aliphatic heterocycles. The lowest BCUT2D eigenvalue weighted by atomic mass is 9.99. The van der Waals surface area contributed by atoms with E-state index in [-0.39, 0.29) is 11.5 Å². The summed E-state index contributed by atoms with van der Waals surface area (Å²) in [6.45, 7) is 32.8. The number of aromatic nitrogens is 6. The molecule has 0 bridgehead atoms. The van der Waals surface area contributed by atoms with Gasteiger partial charge in [-0.25, -0.2) is 0 Å². The zero-order valence-electron chi connectivity index (χ0n) is 40.6. The van der Waals surface area contributed by atoms with Crippen LogP contribution in [0.15, 0.2) is 72.8 Å². The Hall–Kier alpha value is -3.80. The molecule has 0 amide bonds. The summed E-state index contributed by atoms with van der Waals surface area (Å²) in [5, 5.41) is 40.4. The second kappa shape index (κ2) is 19.7. The molecule has 2 N–H and O–H groups in total. The number of aryl methyl sites for hydroxylation is 2. The maximum Gasteiger partial charge on any atom is 0.324 e. The second-order valence-electron chi connectivity index (χ2n) is 20.7. The van der Waals surface area contributed by atoms with Crippen molar-refractivity contribution in [3.8, 4) is 22.9 Å². The minimum Gasteiger partial charge on any atom is -0.505 e. The van der Waals surface area contributed by atoms with Crippen LogP contribution in [0.4, 0.5) is 0 Å². The van der Waals surface area contributed by atoms with Gasteiger partial charge in [-0.15, -0.1) is 30.0 Å². The van der Waals surface area contributed by atoms with E-state index in [1.165, 1.54) is 4.80 Å². The molecule has 342 valence electrons. The van der Waals surface area contributed by atoms with E-state index in [9.17, 15) is 10.2 Å². The summed E-state index contributed by atoms with van der Waals surface area (Å²) in [4.78, 5) is 3.08. The summed E-state index contributed by atoms with van der Waals surface area (Å²) in [5.41, 5.74) is 8.40. The van der Waals surface area contributed by atoms with E-state index in [0.717, 1.165) is 69.3 Å². The predicted octanol–water partition coefficient (Wildman–Crippen LogP) is 11.6. The monoisotopic (exact) mass is 944 g/mol. The van der Waals surface area contributed by atoms with E-state index in [0.29, 0.717) is 23.2 Å². The van der Waals surface area contributed by atoms with Gasteiger partial charge in [-0.05, 0) is 181 Å². The zero-order chi connectivity index (χ0) is 46.7. The Kier molecular flexibility index (Phi) is 15.7. The van der Waals surface area contributed by atoms with Crippen LogP contribution in [-0.4, -0.2) is 89.4 Å². The molecule has 0 aliphatic rings. The highest BCUT2D eigenvalue weighted by atomic mass is 28.5. The van der Waals surface area contributed by atoms with Crippen LogP contribution in [0.3, 0.4) is 0 Å². The van der Waals surface area contributed by atoms with E-state index >= 15 is 0 Å². The third kappa shape index (κ3) is 14.3.